The molecule has 2 N–H and O–H groups in total. The van der Waals surface area contributed by atoms with Crippen LogP contribution >= 0.6 is 11.3 Å². The van der Waals surface area contributed by atoms with Crippen LogP contribution < -0.4 is 5.32 Å². The number of imidazole rings is 1. The van der Waals surface area contributed by atoms with Gasteiger partial charge < -0.3 is 10.4 Å². The van der Waals surface area contributed by atoms with E-state index in [1.54, 1.807) is 11.3 Å². The summed E-state index contributed by atoms with van der Waals surface area (Å²) in [5.74, 6) is 0.830. The van der Waals surface area contributed by atoms with Gasteiger partial charge in [-0.1, -0.05) is 6.42 Å². The van der Waals surface area contributed by atoms with Crippen molar-refractivity contribution in [3.05, 3.63) is 23.0 Å². The van der Waals surface area contributed by atoms with E-state index in [0.29, 0.717) is 24.8 Å². The Balaban J connectivity index is 1.56. The molecular weight excluding hydrogens is 286 g/mol. The van der Waals surface area contributed by atoms with Gasteiger partial charge in [0.25, 0.3) is 0 Å². The lowest BCUT2D eigenvalue weighted by molar-refractivity contribution is -0.120. The molecule has 3 rings (SSSR count). The Morgan fingerprint density at radius 2 is 2.33 bits per heavy atom. The molecule has 0 aliphatic heterocycles. The van der Waals surface area contributed by atoms with Crippen molar-refractivity contribution < 1.29 is 9.90 Å². The van der Waals surface area contributed by atoms with Gasteiger partial charge in [-0.2, -0.15) is 0 Å². The maximum Gasteiger partial charge on any atom is 0.225 e. The highest BCUT2D eigenvalue weighted by Crippen LogP contribution is 2.30. The van der Waals surface area contributed by atoms with Gasteiger partial charge in [0.1, 0.15) is 0 Å². The summed E-state index contributed by atoms with van der Waals surface area (Å²) in [5.41, 5.74) is 1.96. The molecule has 114 valence electrons. The van der Waals surface area contributed by atoms with E-state index < -0.39 is 0 Å². The average Bonchev–Trinajstić information content (AvgIpc) is 3.13. The average molecular weight is 307 g/mol. The molecule has 2 aromatic heterocycles. The second-order valence-electron chi connectivity index (χ2n) is 5.88. The number of aliphatic hydroxyl groups is 1. The number of hydrogen-bond acceptors (Lipinski definition) is 4. The molecule has 1 amide bonds. The molecule has 0 saturated heterocycles. The van der Waals surface area contributed by atoms with E-state index in [0.717, 1.165) is 35.6 Å². The number of fused-ring (bicyclic) bond motifs is 1. The quantitative estimate of drug-likeness (QED) is 0.885. The van der Waals surface area contributed by atoms with Gasteiger partial charge in [-0.25, -0.2) is 4.98 Å². The largest absolute Gasteiger partial charge is 0.396 e. The van der Waals surface area contributed by atoms with Crippen molar-refractivity contribution in [2.75, 3.05) is 13.2 Å². The van der Waals surface area contributed by atoms with Crippen molar-refractivity contribution in [3.63, 3.8) is 0 Å². The Morgan fingerprint density at radius 3 is 3.14 bits per heavy atom. The van der Waals surface area contributed by atoms with Crippen molar-refractivity contribution in [3.8, 4) is 0 Å². The third-order valence-corrected chi connectivity index (χ3v) is 5.25. The highest BCUT2D eigenvalue weighted by molar-refractivity contribution is 7.15. The van der Waals surface area contributed by atoms with E-state index in [4.69, 9.17) is 0 Å². The van der Waals surface area contributed by atoms with E-state index in [1.807, 2.05) is 22.9 Å². The number of aliphatic hydroxyl groups excluding tert-OH is 1. The maximum atomic E-state index is 12.1. The maximum absolute atomic E-state index is 12.1. The lowest BCUT2D eigenvalue weighted by Crippen LogP contribution is -2.32. The van der Waals surface area contributed by atoms with Crippen molar-refractivity contribution in [1.82, 2.24) is 14.7 Å². The van der Waals surface area contributed by atoms with Crippen molar-refractivity contribution in [2.45, 2.75) is 32.6 Å². The number of aromatic nitrogens is 2. The lowest BCUT2D eigenvalue weighted by Gasteiger charge is -2.17. The summed E-state index contributed by atoms with van der Waals surface area (Å²) < 4.78 is 1.99. The molecule has 1 aliphatic rings. The number of amides is 1. The number of hydrogen-bond donors (Lipinski definition) is 2. The number of rotatable bonds is 5. The van der Waals surface area contributed by atoms with E-state index in [-0.39, 0.29) is 12.5 Å². The highest BCUT2D eigenvalue weighted by Gasteiger charge is 2.26. The Labute approximate surface area is 128 Å². The SMILES string of the molecule is Cc1cn2c(CC(=O)NCC3CCCC3CO)csc2n1. The molecule has 0 bridgehead atoms. The molecule has 21 heavy (non-hydrogen) atoms. The summed E-state index contributed by atoms with van der Waals surface area (Å²) in [7, 11) is 0. The lowest BCUT2D eigenvalue weighted by atomic mass is 9.97. The zero-order valence-corrected chi connectivity index (χ0v) is 13.0. The molecule has 2 heterocycles. The monoisotopic (exact) mass is 307 g/mol. The molecule has 2 unspecified atom stereocenters. The normalized spacial score (nSPS) is 22.0. The first-order chi connectivity index (χ1) is 10.2. The number of nitrogens with zero attached hydrogens (tertiary/aromatic N) is 2. The van der Waals surface area contributed by atoms with Gasteiger partial charge in [-0.05, 0) is 31.6 Å². The van der Waals surface area contributed by atoms with Crippen LogP contribution in [0.2, 0.25) is 0 Å². The summed E-state index contributed by atoms with van der Waals surface area (Å²) in [6, 6.07) is 0. The fourth-order valence-electron chi connectivity index (χ4n) is 3.16. The first kappa shape index (κ1) is 14.5. The van der Waals surface area contributed by atoms with Crippen LogP contribution in [0.25, 0.3) is 4.96 Å². The molecule has 0 spiro atoms. The third-order valence-electron chi connectivity index (χ3n) is 4.36. The molecule has 5 nitrogen and oxygen atoms in total. The van der Waals surface area contributed by atoms with Crippen molar-refractivity contribution in [1.29, 1.82) is 0 Å². The van der Waals surface area contributed by atoms with Crippen molar-refractivity contribution in [2.24, 2.45) is 11.8 Å². The fourth-order valence-corrected chi connectivity index (χ4v) is 4.08. The van der Waals surface area contributed by atoms with Gasteiger partial charge in [-0.3, -0.25) is 9.20 Å². The second kappa shape index (κ2) is 6.15. The number of carbonyl (C=O) groups is 1. The summed E-state index contributed by atoms with van der Waals surface area (Å²) in [5, 5.41) is 14.3. The topological polar surface area (TPSA) is 66.6 Å². The van der Waals surface area contributed by atoms with Crippen LogP contribution in [0.5, 0.6) is 0 Å². The molecular formula is C15H21N3O2S. The van der Waals surface area contributed by atoms with Gasteiger partial charge in [-0.15, -0.1) is 11.3 Å². The number of carbonyl (C=O) groups excluding carboxylic acids is 1. The molecule has 0 aromatic carbocycles. The van der Waals surface area contributed by atoms with Crippen LogP contribution in [0.4, 0.5) is 0 Å². The summed E-state index contributed by atoms with van der Waals surface area (Å²) in [6.07, 6.45) is 5.69. The van der Waals surface area contributed by atoms with E-state index >= 15 is 0 Å². The first-order valence-electron chi connectivity index (χ1n) is 7.47. The summed E-state index contributed by atoms with van der Waals surface area (Å²) in [6.45, 7) is 2.87. The van der Waals surface area contributed by atoms with E-state index in [2.05, 4.69) is 10.3 Å². The smallest absolute Gasteiger partial charge is 0.225 e. The second-order valence-corrected chi connectivity index (χ2v) is 6.71. The molecule has 0 radical (unpaired) electrons. The summed E-state index contributed by atoms with van der Waals surface area (Å²) in [4.78, 5) is 17.4. The van der Waals surface area contributed by atoms with Gasteiger partial charge >= 0.3 is 0 Å². The standard InChI is InChI=1S/C15H21N3O2S/c1-10-7-18-13(9-21-15(18)17-10)5-14(20)16-6-11-3-2-4-12(11)8-19/h7,9,11-12,19H,2-6,8H2,1H3,(H,16,20). The van der Waals surface area contributed by atoms with Gasteiger partial charge in [0, 0.05) is 30.4 Å². The van der Waals surface area contributed by atoms with Crippen molar-refractivity contribution >= 4 is 22.2 Å². The molecule has 6 heteroatoms. The van der Waals surface area contributed by atoms with Crippen LogP contribution in [0, 0.1) is 18.8 Å². The van der Waals surface area contributed by atoms with Gasteiger partial charge in [0.15, 0.2) is 4.96 Å². The zero-order valence-electron chi connectivity index (χ0n) is 12.2. The van der Waals surface area contributed by atoms with Crippen LogP contribution in [0.3, 0.4) is 0 Å². The molecule has 1 saturated carbocycles. The van der Waals surface area contributed by atoms with E-state index in [9.17, 15) is 9.90 Å². The Bertz CT molecular complexity index is 634. The summed E-state index contributed by atoms with van der Waals surface area (Å²) >= 11 is 1.56. The predicted molar refractivity (Wildman–Crippen MR) is 82.4 cm³/mol. The van der Waals surface area contributed by atoms with Crippen LogP contribution in [-0.2, 0) is 11.2 Å². The van der Waals surface area contributed by atoms with Gasteiger partial charge in [0.05, 0.1) is 12.1 Å². The van der Waals surface area contributed by atoms with E-state index in [1.165, 1.54) is 0 Å². The Kier molecular flexibility index (Phi) is 4.26. The first-order valence-corrected chi connectivity index (χ1v) is 8.35. The number of nitrogens with one attached hydrogen (secondary N) is 1. The molecule has 1 fully saturated rings. The Morgan fingerprint density at radius 1 is 1.52 bits per heavy atom. The van der Waals surface area contributed by atoms with Crippen LogP contribution in [-0.4, -0.2) is 33.6 Å². The predicted octanol–water partition coefficient (Wildman–Crippen LogP) is 1.77. The number of aryl methyl sites for hydroxylation is 1. The highest BCUT2D eigenvalue weighted by atomic mass is 32.1. The Hall–Kier alpha value is -1.40. The zero-order chi connectivity index (χ0) is 14.8. The fraction of sp³-hybridized carbons (Fsp3) is 0.600. The van der Waals surface area contributed by atoms with Crippen LogP contribution in [0.1, 0.15) is 30.7 Å². The van der Waals surface area contributed by atoms with Crippen LogP contribution in [0.15, 0.2) is 11.6 Å². The third kappa shape index (κ3) is 3.11. The number of thiazole rings is 1. The van der Waals surface area contributed by atoms with Gasteiger partial charge in [0.2, 0.25) is 5.91 Å². The molecule has 1 aliphatic carbocycles. The minimum absolute atomic E-state index is 0.0460. The minimum Gasteiger partial charge on any atom is -0.396 e. The molecule has 2 aromatic rings. The molecule has 2 atom stereocenters. The minimum atomic E-state index is 0.0460.